The molecule has 2 saturated heterocycles. The van der Waals surface area contributed by atoms with Crippen molar-refractivity contribution >= 4 is 11.8 Å². The molecule has 90 valence electrons. The Morgan fingerprint density at radius 3 is 2.75 bits per heavy atom. The number of fused-ring (bicyclic) bond motifs is 1. The zero-order valence-electron chi connectivity index (χ0n) is 9.90. The second-order valence-electron chi connectivity index (χ2n) is 4.57. The van der Waals surface area contributed by atoms with Gasteiger partial charge in [0.15, 0.2) is 0 Å². The van der Waals surface area contributed by atoms with Crippen LogP contribution in [0.5, 0.6) is 0 Å². The van der Waals surface area contributed by atoms with Gasteiger partial charge in [-0.25, -0.2) is 5.01 Å². The summed E-state index contributed by atoms with van der Waals surface area (Å²) in [6.45, 7) is 2.70. The zero-order chi connectivity index (χ0) is 11.7. The number of likely N-dealkylation sites (N-methyl/N-ethyl adjacent to an activating group) is 1. The Morgan fingerprint density at radius 1 is 1.31 bits per heavy atom. The third kappa shape index (κ3) is 1.80. The van der Waals surface area contributed by atoms with Gasteiger partial charge in [0.25, 0.3) is 5.91 Å². The van der Waals surface area contributed by atoms with E-state index >= 15 is 0 Å². The molecular formula is C11H19N3O2. The highest BCUT2D eigenvalue weighted by Crippen LogP contribution is 2.23. The molecule has 0 spiro atoms. The van der Waals surface area contributed by atoms with E-state index in [0.717, 1.165) is 12.8 Å². The fraction of sp³-hybridized carbons (Fsp3) is 0.818. The maximum atomic E-state index is 12.2. The molecule has 2 fully saturated rings. The van der Waals surface area contributed by atoms with Crippen LogP contribution in [0.1, 0.15) is 32.6 Å². The van der Waals surface area contributed by atoms with Crippen molar-refractivity contribution in [1.82, 2.24) is 15.3 Å². The van der Waals surface area contributed by atoms with Crippen LogP contribution < -0.4 is 5.32 Å². The number of rotatable bonds is 1. The molecule has 0 aromatic carbocycles. The van der Waals surface area contributed by atoms with E-state index in [4.69, 9.17) is 0 Å². The van der Waals surface area contributed by atoms with Crippen LogP contribution in [-0.4, -0.2) is 47.5 Å². The van der Waals surface area contributed by atoms with Gasteiger partial charge in [0, 0.05) is 13.0 Å². The lowest BCUT2D eigenvalue weighted by molar-refractivity contribution is -0.171. The summed E-state index contributed by atoms with van der Waals surface area (Å²) in [7, 11) is 1.78. The smallest absolute Gasteiger partial charge is 0.258 e. The van der Waals surface area contributed by atoms with Crippen molar-refractivity contribution in [2.24, 2.45) is 0 Å². The quantitative estimate of drug-likeness (QED) is 0.690. The molecule has 0 bridgehead atoms. The largest absolute Gasteiger partial charge is 0.309 e. The predicted molar refractivity (Wildman–Crippen MR) is 59.3 cm³/mol. The third-order valence-corrected chi connectivity index (χ3v) is 3.48. The molecular weight excluding hydrogens is 206 g/mol. The number of hydrogen-bond acceptors (Lipinski definition) is 3. The SMILES string of the molecule is CNC1CCC(=O)N2CCC[C@@H](C)N2C1=O. The van der Waals surface area contributed by atoms with E-state index in [0.29, 0.717) is 19.4 Å². The van der Waals surface area contributed by atoms with Crippen LogP contribution >= 0.6 is 0 Å². The summed E-state index contributed by atoms with van der Waals surface area (Å²) >= 11 is 0. The fourth-order valence-corrected chi connectivity index (χ4v) is 2.53. The summed E-state index contributed by atoms with van der Waals surface area (Å²) in [5, 5.41) is 6.31. The van der Waals surface area contributed by atoms with Gasteiger partial charge >= 0.3 is 0 Å². The lowest BCUT2D eigenvalue weighted by Gasteiger charge is -2.42. The van der Waals surface area contributed by atoms with Gasteiger partial charge in [-0.1, -0.05) is 0 Å². The molecule has 1 N–H and O–H groups in total. The molecule has 2 heterocycles. The number of hydrogen-bond donors (Lipinski definition) is 1. The molecule has 2 rings (SSSR count). The van der Waals surface area contributed by atoms with Crippen molar-refractivity contribution < 1.29 is 9.59 Å². The average molecular weight is 225 g/mol. The molecule has 2 atom stereocenters. The summed E-state index contributed by atoms with van der Waals surface area (Å²) in [6.07, 6.45) is 3.03. The molecule has 2 aliphatic heterocycles. The predicted octanol–water partition coefficient (Wildman–Crippen LogP) is 0.123. The Morgan fingerprint density at radius 2 is 2.06 bits per heavy atom. The van der Waals surface area contributed by atoms with E-state index in [1.807, 2.05) is 6.92 Å². The topological polar surface area (TPSA) is 52.7 Å². The second kappa shape index (κ2) is 4.41. The average Bonchev–Trinajstić information content (AvgIpc) is 2.39. The number of carbonyl (C=O) groups excluding carboxylic acids is 2. The van der Waals surface area contributed by atoms with Crippen LogP contribution in [0.3, 0.4) is 0 Å². The highest BCUT2D eigenvalue weighted by atomic mass is 16.2. The lowest BCUT2D eigenvalue weighted by atomic mass is 10.1. The molecule has 5 heteroatoms. The summed E-state index contributed by atoms with van der Waals surface area (Å²) in [5.74, 6) is 0.123. The van der Waals surface area contributed by atoms with E-state index in [1.165, 1.54) is 0 Å². The molecule has 2 amide bonds. The number of carbonyl (C=O) groups is 2. The van der Waals surface area contributed by atoms with E-state index in [1.54, 1.807) is 17.1 Å². The van der Waals surface area contributed by atoms with Gasteiger partial charge in [-0.05, 0) is 33.2 Å². The van der Waals surface area contributed by atoms with Crippen molar-refractivity contribution in [2.45, 2.75) is 44.7 Å². The van der Waals surface area contributed by atoms with Crippen molar-refractivity contribution in [3.8, 4) is 0 Å². The highest BCUT2D eigenvalue weighted by Gasteiger charge is 2.39. The Labute approximate surface area is 95.7 Å². The van der Waals surface area contributed by atoms with Gasteiger partial charge < -0.3 is 5.32 Å². The summed E-state index contributed by atoms with van der Waals surface area (Å²) < 4.78 is 0. The van der Waals surface area contributed by atoms with Crippen molar-refractivity contribution in [3.63, 3.8) is 0 Å². The lowest BCUT2D eigenvalue weighted by Crippen LogP contribution is -2.58. The van der Waals surface area contributed by atoms with Crippen LogP contribution in [0.15, 0.2) is 0 Å². The first-order chi connectivity index (χ1) is 7.65. The third-order valence-electron chi connectivity index (χ3n) is 3.48. The van der Waals surface area contributed by atoms with Crippen molar-refractivity contribution in [1.29, 1.82) is 0 Å². The Kier molecular flexibility index (Phi) is 3.14. The molecule has 0 saturated carbocycles. The van der Waals surface area contributed by atoms with Crippen LogP contribution in [-0.2, 0) is 9.59 Å². The maximum absolute atomic E-state index is 12.2. The minimum absolute atomic E-state index is 0.0422. The van der Waals surface area contributed by atoms with Gasteiger partial charge in [0.2, 0.25) is 5.91 Å². The summed E-state index contributed by atoms with van der Waals surface area (Å²) in [4.78, 5) is 24.1. The molecule has 0 radical (unpaired) electrons. The number of hydrazine groups is 1. The van der Waals surface area contributed by atoms with E-state index in [-0.39, 0.29) is 23.9 Å². The fourth-order valence-electron chi connectivity index (χ4n) is 2.53. The molecule has 0 aromatic heterocycles. The number of amides is 2. The van der Waals surface area contributed by atoms with Crippen molar-refractivity contribution in [3.05, 3.63) is 0 Å². The van der Waals surface area contributed by atoms with Gasteiger partial charge in [0.05, 0.1) is 12.1 Å². The van der Waals surface area contributed by atoms with Crippen LogP contribution in [0, 0.1) is 0 Å². The minimum Gasteiger partial charge on any atom is -0.309 e. The summed E-state index contributed by atoms with van der Waals surface area (Å²) in [5.41, 5.74) is 0. The molecule has 16 heavy (non-hydrogen) atoms. The van der Waals surface area contributed by atoms with Gasteiger partial charge in [-0.3, -0.25) is 14.6 Å². The maximum Gasteiger partial charge on any atom is 0.258 e. The number of nitrogens with one attached hydrogen (secondary N) is 1. The summed E-state index contributed by atoms with van der Waals surface area (Å²) in [6, 6.07) is -0.0753. The number of nitrogens with zero attached hydrogens (tertiary/aromatic N) is 2. The molecule has 5 nitrogen and oxygen atoms in total. The van der Waals surface area contributed by atoms with E-state index in [2.05, 4.69) is 5.32 Å². The van der Waals surface area contributed by atoms with Crippen LogP contribution in [0.25, 0.3) is 0 Å². The molecule has 2 aliphatic rings. The van der Waals surface area contributed by atoms with Gasteiger partial charge in [0.1, 0.15) is 0 Å². The second-order valence-corrected chi connectivity index (χ2v) is 4.57. The normalized spacial score (nSPS) is 31.4. The Bertz CT molecular complexity index is 306. The molecule has 1 unspecified atom stereocenters. The first-order valence-electron chi connectivity index (χ1n) is 5.95. The van der Waals surface area contributed by atoms with Crippen LogP contribution in [0.4, 0.5) is 0 Å². The van der Waals surface area contributed by atoms with E-state index < -0.39 is 0 Å². The Hall–Kier alpha value is -1.10. The van der Waals surface area contributed by atoms with Gasteiger partial charge in [-0.2, -0.15) is 0 Å². The minimum atomic E-state index is -0.213. The first-order valence-corrected chi connectivity index (χ1v) is 5.95. The first kappa shape index (κ1) is 11.4. The molecule has 0 aromatic rings. The zero-order valence-corrected chi connectivity index (χ0v) is 9.90. The molecule has 0 aliphatic carbocycles. The standard InChI is InChI=1S/C11H19N3O2/c1-8-4-3-7-13-10(15)6-5-9(12-2)11(16)14(8)13/h8-9,12H,3-7H2,1-2H3/t8-,9?/m1/s1. The van der Waals surface area contributed by atoms with Gasteiger partial charge in [-0.15, -0.1) is 0 Å². The Balaban J connectivity index is 2.27. The highest BCUT2D eigenvalue weighted by molar-refractivity contribution is 5.88. The van der Waals surface area contributed by atoms with E-state index in [9.17, 15) is 9.59 Å². The monoisotopic (exact) mass is 225 g/mol. The van der Waals surface area contributed by atoms with Crippen LogP contribution in [0.2, 0.25) is 0 Å². The van der Waals surface area contributed by atoms with Crippen molar-refractivity contribution in [2.75, 3.05) is 13.6 Å².